The highest BCUT2D eigenvalue weighted by Crippen LogP contribution is 2.37. The predicted octanol–water partition coefficient (Wildman–Crippen LogP) is 6.79. The maximum Gasteiger partial charge on any atom is 0.307 e. The van der Waals surface area contributed by atoms with Gasteiger partial charge >= 0.3 is 5.91 Å². The Balaban J connectivity index is 1.77. The summed E-state index contributed by atoms with van der Waals surface area (Å²) in [7, 11) is 0. The highest BCUT2D eigenvalue weighted by atomic mass is 127. The van der Waals surface area contributed by atoms with E-state index < -0.39 is 5.91 Å². The number of furan rings is 1. The van der Waals surface area contributed by atoms with Crippen LogP contribution in [0.2, 0.25) is 5.02 Å². The summed E-state index contributed by atoms with van der Waals surface area (Å²) in [6, 6.07) is 8.96. The average molecular weight is 620 g/mol. The lowest BCUT2D eigenvalue weighted by molar-refractivity contribution is 0.0929. The van der Waals surface area contributed by atoms with Gasteiger partial charge in [-0.05, 0) is 78.8 Å². The molecular weight excluding hydrogens is 599 g/mol. The first-order valence-electron chi connectivity index (χ1n) is 9.67. The lowest BCUT2D eigenvalue weighted by Crippen LogP contribution is -2.16. The highest BCUT2D eigenvalue weighted by Gasteiger charge is 2.16. The van der Waals surface area contributed by atoms with Gasteiger partial charge in [-0.2, -0.15) is 5.10 Å². The number of halogens is 3. The number of fused-ring (bicyclic) bond motifs is 1. The minimum Gasteiger partial charge on any atom is -0.490 e. The molecule has 1 N–H and O–H groups in total. The SMILES string of the molecule is CCOc1cc(/C=N\NC(=O)c2cc3cc(Br)cc(I)c3o2)cc(Cl)c1O[C@H](C)CC. The lowest BCUT2D eigenvalue weighted by Gasteiger charge is -2.18. The number of carbonyl (C=O) groups is 1. The molecule has 6 nitrogen and oxygen atoms in total. The molecule has 1 heterocycles. The van der Waals surface area contributed by atoms with Gasteiger partial charge < -0.3 is 13.9 Å². The third-order valence-electron chi connectivity index (χ3n) is 4.36. The second kappa shape index (κ2) is 10.7. The van der Waals surface area contributed by atoms with Crippen molar-refractivity contribution in [3.05, 3.63) is 54.7 Å². The molecular formula is C22H21BrClIN2O4. The fourth-order valence-electron chi connectivity index (χ4n) is 2.73. The number of rotatable bonds is 8. The second-order valence-corrected chi connectivity index (χ2v) is 9.20. The Kier molecular flexibility index (Phi) is 8.23. The zero-order valence-corrected chi connectivity index (χ0v) is 21.7. The number of benzene rings is 2. The molecule has 0 aliphatic carbocycles. The second-order valence-electron chi connectivity index (χ2n) is 6.72. The van der Waals surface area contributed by atoms with Gasteiger partial charge in [0.2, 0.25) is 0 Å². The van der Waals surface area contributed by atoms with Crippen LogP contribution in [-0.4, -0.2) is 24.8 Å². The van der Waals surface area contributed by atoms with Gasteiger partial charge in [-0.15, -0.1) is 0 Å². The van der Waals surface area contributed by atoms with Crippen molar-refractivity contribution in [2.24, 2.45) is 5.10 Å². The molecule has 0 fully saturated rings. The van der Waals surface area contributed by atoms with E-state index in [1.54, 1.807) is 18.2 Å². The Labute approximate surface area is 207 Å². The van der Waals surface area contributed by atoms with Crippen molar-refractivity contribution in [3.63, 3.8) is 0 Å². The Hall–Kier alpha value is -1.78. The van der Waals surface area contributed by atoms with Gasteiger partial charge in [-0.25, -0.2) is 5.43 Å². The minimum absolute atomic E-state index is 0.00278. The Morgan fingerprint density at radius 2 is 2.10 bits per heavy atom. The fourth-order valence-corrected chi connectivity index (χ4v) is 4.66. The van der Waals surface area contributed by atoms with Crippen LogP contribution in [0.3, 0.4) is 0 Å². The van der Waals surface area contributed by atoms with Crippen molar-refractivity contribution in [2.75, 3.05) is 6.61 Å². The standard InChI is InChI=1S/C22H21BrClIN2O4/c1-4-12(3)30-21-16(24)6-13(7-18(21)29-5-2)11-26-27-22(28)19-9-14-8-15(23)10-17(25)20(14)31-19/h6-12H,4-5H2,1-3H3,(H,27,28)/b26-11-/t12-/m1/s1. The number of hydrogen-bond donors (Lipinski definition) is 1. The monoisotopic (exact) mass is 618 g/mol. The Bertz CT molecular complexity index is 1130. The third-order valence-corrected chi connectivity index (χ3v) is 5.90. The summed E-state index contributed by atoms with van der Waals surface area (Å²) in [4.78, 5) is 12.4. The zero-order valence-electron chi connectivity index (χ0n) is 17.2. The van der Waals surface area contributed by atoms with Crippen LogP contribution in [0.15, 0.2) is 44.3 Å². The largest absolute Gasteiger partial charge is 0.490 e. The highest BCUT2D eigenvalue weighted by molar-refractivity contribution is 14.1. The van der Waals surface area contributed by atoms with Crippen molar-refractivity contribution in [2.45, 2.75) is 33.3 Å². The summed E-state index contributed by atoms with van der Waals surface area (Å²) in [5.74, 6) is 0.753. The topological polar surface area (TPSA) is 73.1 Å². The summed E-state index contributed by atoms with van der Waals surface area (Å²) < 4.78 is 19.1. The van der Waals surface area contributed by atoms with Crippen LogP contribution in [-0.2, 0) is 0 Å². The van der Waals surface area contributed by atoms with Crippen molar-refractivity contribution in [1.82, 2.24) is 5.43 Å². The quantitative estimate of drug-likeness (QED) is 0.171. The predicted molar refractivity (Wildman–Crippen MR) is 135 cm³/mol. The van der Waals surface area contributed by atoms with E-state index in [0.717, 1.165) is 19.8 Å². The first kappa shape index (κ1) is 23.9. The first-order chi connectivity index (χ1) is 14.8. The normalized spacial score (nSPS) is 12.3. The van der Waals surface area contributed by atoms with Crippen LogP contribution < -0.4 is 14.9 Å². The molecule has 1 amide bonds. The van der Waals surface area contributed by atoms with E-state index in [4.69, 9.17) is 25.5 Å². The Morgan fingerprint density at radius 1 is 1.32 bits per heavy atom. The van der Waals surface area contributed by atoms with Crippen molar-refractivity contribution < 1.29 is 18.7 Å². The molecule has 164 valence electrons. The molecule has 9 heteroatoms. The third kappa shape index (κ3) is 5.93. The summed E-state index contributed by atoms with van der Waals surface area (Å²) >= 11 is 12.0. The van der Waals surface area contributed by atoms with Crippen molar-refractivity contribution in [1.29, 1.82) is 0 Å². The number of hydrogen-bond acceptors (Lipinski definition) is 5. The number of ether oxygens (including phenoxy) is 2. The van der Waals surface area contributed by atoms with Gasteiger partial charge in [0.1, 0.15) is 5.58 Å². The molecule has 1 atom stereocenters. The number of carbonyl (C=O) groups excluding carboxylic acids is 1. The summed E-state index contributed by atoms with van der Waals surface area (Å²) in [6.07, 6.45) is 2.33. The molecule has 0 spiro atoms. The van der Waals surface area contributed by atoms with Crippen LogP contribution in [0.5, 0.6) is 11.5 Å². The van der Waals surface area contributed by atoms with E-state index in [1.165, 1.54) is 6.21 Å². The molecule has 0 aliphatic heterocycles. The number of hydrazone groups is 1. The molecule has 3 rings (SSSR count). The van der Waals surface area contributed by atoms with Crippen LogP contribution in [0.1, 0.15) is 43.3 Å². The van der Waals surface area contributed by atoms with E-state index >= 15 is 0 Å². The summed E-state index contributed by atoms with van der Waals surface area (Å²) in [6.45, 7) is 6.35. The summed E-state index contributed by atoms with van der Waals surface area (Å²) in [5, 5.41) is 5.27. The van der Waals surface area contributed by atoms with Gasteiger partial charge in [0, 0.05) is 9.86 Å². The van der Waals surface area contributed by atoms with E-state index in [-0.39, 0.29) is 11.9 Å². The van der Waals surface area contributed by atoms with Crippen molar-refractivity contribution in [3.8, 4) is 11.5 Å². The Morgan fingerprint density at radius 3 is 2.81 bits per heavy atom. The molecule has 2 aromatic carbocycles. The van der Waals surface area contributed by atoms with Crippen LogP contribution in [0, 0.1) is 3.57 Å². The number of nitrogens with zero attached hydrogens (tertiary/aromatic N) is 1. The molecule has 3 aromatic rings. The molecule has 0 unspecified atom stereocenters. The van der Waals surface area contributed by atoms with Crippen LogP contribution >= 0.6 is 50.1 Å². The zero-order chi connectivity index (χ0) is 22.5. The van der Waals surface area contributed by atoms with E-state index in [1.807, 2.05) is 32.9 Å². The van der Waals surface area contributed by atoms with Crippen LogP contribution in [0.25, 0.3) is 11.0 Å². The lowest BCUT2D eigenvalue weighted by atomic mass is 10.2. The first-order valence-corrected chi connectivity index (χ1v) is 11.9. The van der Waals surface area contributed by atoms with E-state index in [9.17, 15) is 4.79 Å². The smallest absolute Gasteiger partial charge is 0.307 e. The van der Waals surface area contributed by atoms with E-state index in [2.05, 4.69) is 49.0 Å². The molecule has 0 saturated carbocycles. The summed E-state index contributed by atoms with van der Waals surface area (Å²) in [5.41, 5.74) is 3.79. The van der Waals surface area contributed by atoms with Crippen LogP contribution in [0.4, 0.5) is 0 Å². The molecule has 0 bridgehead atoms. The average Bonchev–Trinajstić information content (AvgIpc) is 3.15. The number of amides is 1. The van der Waals surface area contributed by atoms with Gasteiger partial charge in [0.05, 0.1) is 27.5 Å². The maximum absolute atomic E-state index is 12.4. The molecule has 0 saturated heterocycles. The minimum atomic E-state index is -0.452. The number of nitrogens with one attached hydrogen (secondary N) is 1. The fraction of sp³-hybridized carbons (Fsp3) is 0.273. The van der Waals surface area contributed by atoms with Crippen molar-refractivity contribution >= 4 is 73.2 Å². The molecule has 1 aromatic heterocycles. The van der Waals surface area contributed by atoms with Gasteiger partial charge in [0.15, 0.2) is 17.3 Å². The van der Waals surface area contributed by atoms with E-state index in [0.29, 0.717) is 34.3 Å². The maximum atomic E-state index is 12.4. The van der Waals surface area contributed by atoms with Gasteiger partial charge in [-0.1, -0.05) is 34.5 Å². The van der Waals surface area contributed by atoms with Gasteiger partial charge in [-0.3, -0.25) is 4.79 Å². The molecule has 31 heavy (non-hydrogen) atoms. The molecule has 0 radical (unpaired) electrons. The molecule has 0 aliphatic rings. The van der Waals surface area contributed by atoms with Gasteiger partial charge in [0.25, 0.3) is 0 Å².